The van der Waals surface area contributed by atoms with Crippen LogP contribution >= 0.6 is 50.6 Å². The number of aromatic nitrogens is 1. The summed E-state index contributed by atoms with van der Waals surface area (Å²) in [6.07, 6.45) is -4.59. The fourth-order valence-electron chi connectivity index (χ4n) is 5.25. The van der Waals surface area contributed by atoms with Gasteiger partial charge in [0.2, 0.25) is 17.7 Å². The lowest BCUT2D eigenvalue weighted by molar-refractivity contribution is -0.137. The van der Waals surface area contributed by atoms with Crippen molar-refractivity contribution in [3.8, 4) is 0 Å². The van der Waals surface area contributed by atoms with Gasteiger partial charge in [0.15, 0.2) is 0 Å². The Morgan fingerprint density at radius 3 is 2.35 bits per heavy atom. The summed E-state index contributed by atoms with van der Waals surface area (Å²) in [7, 11) is 0. The van der Waals surface area contributed by atoms with Gasteiger partial charge in [-0.1, -0.05) is 68.8 Å². The monoisotopic (exact) mass is 707 g/mol. The van der Waals surface area contributed by atoms with Crippen molar-refractivity contribution in [3.05, 3.63) is 108 Å². The molecule has 0 radical (unpaired) electrons. The largest absolute Gasteiger partial charge is 0.416 e. The van der Waals surface area contributed by atoms with Crippen LogP contribution < -0.4 is 15.1 Å². The van der Waals surface area contributed by atoms with Crippen LogP contribution in [0.2, 0.25) is 5.02 Å². The first-order valence-electron chi connectivity index (χ1n) is 12.7. The van der Waals surface area contributed by atoms with Gasteiger partial charge in [0.05, 0.1) is 22.2 Å². The molecule has 1 N–H and O–H groups in total. The fraction of sp³-hybridized carbons (Fsp3) is 0.172. The molecule has 2 aliphatic rings. The minimum Gasteiger partial charge on any atom is -0.325 e. The number of nitrogens with one attached hydrogen (secondary N) is 1. The van der Waals surface area contributed by atoms with Crippen LogP contribution in [0.4, 0.5) is 24.5 Å². The molecule has 3 atom stereocenters. The Morgan fingerprint density at radius 1 is 0.977 bits per heavy atom. The SMILES string of the molecule is O=C(Cn1c2c(sc1=O)[C@H](c1ccc(Br)cc1)C1C(=O)N(c3ccc(Cl)cc3)C(=O)C1S2)Nc1cccc(C(F)(F)F)c1. The molecular formula is C29H18BrClF3N3O4S2. The lowest BCUT2D eigenvalue weighted by Gasteiger charge is -2.30. The van der Waals surface area contributed by atoms with Crippen molar-refractivity contribution in [2.75, 3.05) is 10.2 Å². The number of nitrogens with zero attached hydrogens (tertiary/aromatic N) is 2. The number of fused-ring (bicyclic) bond motifs is 2. The smallest absolute Gasteiger partial charge is 0.325 e. The topological polar surface area (TPSA) is 88.5 Å². The maximum absolute atomic E-state index is 13.9. The van der Waals surface area contributed by atoms with E-state index in [-0.39, 0.29) is 5.69 Å². The molecule has 1 aromatic heterocycles. The van der Waals surface area contributed by atoms with Gasteiger partial charge in [-0.25, -0.2) is 4.90 Å². The summed E-state index contributed by atoms with van der Waals surface area (Å²) in [4.78, 5) is 55.0. The van der Waals surface area contributed by atoms with Gasteiger partial charge in [-0.2, -0.15) is 13.2 Å². The van der Waals surface area contributed by atoms with E-state index in [9.17, 15) is 32.3 Å². The normalized spacial score (nSPS) is 19.7. The van der Waals surface area contributed by atoms with Crippen LogP contribution in [0.3, 0.4) is 0 Å². The van der Waals surface area contributed by atoms with Crippen LogP contribution in [0, 0.1) is 5.92 Å². The van der Waals surface area contributed by atoms with E-state index in [1.54, 1.807) is 36.4 Å². The number of imide groups is 1. The van der Waals surface area contributed by atoms with E-state index in [1.165, 1.54) is 16.7 Å². The summed E-state index contributed by atoms with van der Waals surface area (Å²) in [5.74, 6) is -3.09. The second kappa shape index (κ2) is 11.3. The zero-order valence-electron chi connectivity index (χ0n) is 21.6. The molecule has 2 unspecified atom stereocenters. The Labute approximate surface area is 263 Å². The third kappa shape index (κ3) is 5.54. The van der Waals surface area contributed by atoms with Crippen molar-refractivity contribution in [2.24, 2.45) is 5.92 Å². The van der Waals surface area contributed by atoms with Gasteiger partial charge < -0.3 is 5.32 Å². The van der Waals surface area contributed by atoms with Gasteiger partial charge in [0.25, 0.3) is 0 Å². The van der Waals surface area contributed by atoms with E-state index in [0.29, 0.717) is 26.2 Å². The van der Waals surface area contributed by atoms with Crippen LogP contribution in [0.5, 0.6) is 0 Å². The third-order valence-corrected chi connectivity index (χ3v) is 10.5. The number of hydrogen-bond acceptors (Lipinski definition) is 6. The minimum absolute atomic E-state index is 0.0763. The van der Waals surface area contributed by atoms with Gasteiger partial charge in [-0.05, 0) is 60.2 Å². The van der Waals surface area contributed by atoms with Crippen molar-refractivity contribution in [1.29, 1.82) is 0 Å². The number of rotatable bonds is 5. The minimum atomic E-state index is -4.59. The molecule has 14 heteroatoms. The van der Waals surface area contributed by atoms with Gasteiger partial charge in [0, 0.05) is 26.0 Å². The van der Waals surface area contributed by atoms with Crippen molar-refractivity contribution < 1.29 is 27.6 Å². The summed E-state index contributed by atoms with van der Waals surface area (Å²) < 4.78 is 41.4. The highest BCUT2D eigenvalue weighted by molar-refractivity contribution is 9.10. The number of alkyl halides is 3. The van der Waals surface area contributed by atoms with Crippen LogP contribution in [-0.2, 0) is 27.1 Å². The first-order chi connectivity index (χ1) is 20.4. The number of carbonyl (C=O) groups is 3. The molecule has 0 spiro atoms. The van der Waals surface area contributed by atoms with Crippen LogP contribution in [-0.4, -0.2) is 27.5 Å². The standard InChI is InChI=1S/C29H18BrClF3N3O4S2/c30-16-6-4-14(5-7-16)21-22-23(26(40)37(25(22)39)19-10-8-17(31)9-11-19)42-27-24(21)43-28(41)36(27)13-20(38)35-18-3-1-2-15(12-18)29(32,33)34/h1-12,21-23H,13H2,(H,35,38)/t21-,22?,23?/m1/s1. The number of thioether (sulfide) groups is 1. The third-order valence-electron chi connectivity index (χ3n) is 7.14. The predicted molar refractivity (Wildman–Crippen MR) is 162 cm³/mol. The highest BCUT2D eigenvalue weighted by Gasteiger charge is 2.56. The molecule has 0 bridgehead atoms. The molecule has 0 saturated carbocycles. The highest BCUT2D eigenvalue weighted by atomic mass is 79.9. The number of anilines is 2. The van der Waals surface area contributed by atoms with E-state index < -0.39 is 58.0 Å². The van der Waals surface area contributed by atoms with Crippen molar-refractivity contribution >= 4 is 79.7 Å². The van der Waals surface area contributed by atoms with Crippen molar-refractivity contribution in [1.82, 2.24) is 4.57 Å². The first-order valence-corrected chi connectivity index (χ1v) is 15.5. The number of benzene rings is 3. The molecule has 1 fully saturated rings. The molecule has 4 aromatic rings. The molecule has 6 rings (SSSR count). The van der Waals surface area contributed by atoms with Crippen molar-refractivity contribution in [2.45, 2.75) is 28.9 Å². The van der Waals surface area contributed by atoms with E-state index in [1.807, 2.05) is 12.1 Å². The number of hydrogen-bond donors (Lipinski definition) is 1. The fourth-order valence-corrected chi connectivity index (χ4v) is 8.41. The number of amides is 3. The van der Waals surface area contributed by atoms with Gasteiger partial charge in [-0.15, -0.1) is 0 Å². The van der Waals surface area contributed by atoms with Crippen LogP contribution in [0.15, 0.2) is 87.1 Å². The number of thiazole rings is 1. The molecule has 2 aliphatic heterocycles. The van der Waals surface area contributed by atoms with E-state index in [4.69, 9.17) is 11.6 Å². The average Bonchev–Trinajstić information content (AvgIpc) is 3.40. The quantitative estimate of drug-likeness (QED) is 0.231. The van der Waals surface area contributed by atoms with Gasteiger partial charge in [0.1, 0.15) is 11.8 Å². The molecule has 3 heterocycles. The second-order valence-electron chi connectivity index (χ2n) is 9.83. The molecule has 220 valence electrons. The molecule has 1 saturated heterocycles. The second-order valence-corrected chi connectivity index (χ2v) is 13.3. The summed E-state index contributed by atoms with van der Waals surface area (Å²) >= 11 is 11.3. The predicted octanol–water partition coefficient (Wildman–Crippen LogP) is 6.78. The molecule has 3 amide bonds. The Kier molecular flexibility index (Phi) is 7.78. The number of carbonyl (C=O) groups excluding carboxylic acids is 3. The molecule has 3 aromatic carbocycles. The number of halogens is 5. The Bertz CT molecular complexity index is 1830. The van der Waals surface area contributed by atoms with E-state index in [0.717, 1.165) is 44.6 Å². The average molecular weight is 709 g/mol. The van der Waals surface area contributed by atoms with Crippen LogP contribution in [0.25, 0.3) is 0 Å². The summed E-state index contributed by atoms with van der Waals surface area (Å²) in [6.45, 7) is -0.499. The lowest BCUT2D eigenvalue weighted by atomic mass is 9.83. The summed E-state index contributed by atoms with van der Waals surface area (Å²) in [5.41, 5.74) is 0.0717. The zero-order chi connectivity index (χ0) is 30.6. The van der Waals surface area contributed by atoms with Gasteiger partial charge in [-0.3, -0.25) is 23.7 Å². The van der Waals surface area contributed by atoms with E-state index >= 15 is 0 Å². The zero-order valence-corrected chi connectivity index (χ0v) is 25.6. The van der Waals surface area contributed by atoms with Crippen LogP contribution in [0.1, 0.15) is 21.9 Å². The first kappa shape index (κ1) is 29.7. The van der Waals surface area contributed by atoms with Gasteiger partial charge >= 0.3 is 11.0 Å². The van der Waals surface area contributed by atoms with E-state index in [2.05, 4.69) is 21.2 Å². The summed E-state index contributed by atoms with van der Waals surface area (Å²) in [6, 6.07) is 17.7. The molecule has 43 heavy (non-hydrogen) atoms. The van der Waals surface area contributed by atoms with Crippen molar-refractivity contribution in [3.63, 3.8) is 0 Å². The Balaban J connectivity index is 1.37. The molecule has 7 nitrogen and oxygen atoms in total. The Morgan fingerprint density at radius 2 is 1.67 bits per heavy atom. The maximum Gasteiger partial charge on any atom is 0.416 e. The maximum atomic E-state index is 13.9. The molecular weight excluding hydrogens is 691 g/mol. The Hall–Kier alpha value is -3.39. The lowest BCUT2D eigenvalue weighted by Crippen LogP contribution is -2.33. The summed E-state index contributed by atoms with van der Waals surface area (Å²) in [5, 5.41) is 2.34. The molecule has 0 aliphatic carbocycles. The highest BCUT2D eigenvalue weighted by Crippen LogP contribution is 2.54.